The van der Waals surface area contributed by atoms with Crippen molar-refractivity contribution in [2.75, 3.05) is 33.3 Å². The third-order valence-electron chi connectivity index (χ3n) is 4.19. The van der Waals surface area contributed by atoms with E-state index in [-0.39, 0.29) is 41.0 Å². The Morgan fingerprint density at radius 2 is 1.92 bits per heavy atom. The summed E-state index contributed by atoms with van der Waals surface area (Å²) in [6.45, 7) is 6.17. The third-order valence-corrected chi connectivity index (χ3v) is 5.67. The number of benzene rings is 1. The van der Waals surface area contributed by atoms with E-state index in [0.717, 1.165) is 25.0 Å². The number of aryl methyl sites for hydroxylation is 1. The molecule has 1 aromatic rings. The number of hydrogen-bond acceptors (Lipinski definition) is 4. The van der Waals surface area contributed by atoms with E-state index in [1.807, 2.05) is 6.92 Å². The number of guanidine groups is 1. The Balaban J connectivity index is 0.00000338. The van der Waals surface area contributed by atoms with Crippen LogP contribution in [-0.2, 0) is 14.8 Å². The molecular weight excluding hydrogens is 467 g/mol. The maximum atomic E-state index is 12.2. The second-order valence-electron chi connectivity index (χ2n) is 6.47. The maximum absolute atomic E-state index is 12.2. The van der Waals surface area contributed by atoms with Gasteiger partial charge in [0.25, 0.3) is 0 Å². The fraction of sp³-hybridized carbons (Fsp3) is 0.588. The first-order chi connectivity index (χ1) is 11.8. The van der Waals surface area contributed by atoms with Gasteiger partial charge in [0.15, 0.2) is 5.96 Å². The molecule has 0 amide bonds. The summed E-state index contributed by atoms with van der Waals surface area (Å²) in [5.74, 6) is 0.631. The zero-order valence-electron chi connectivity index (χ0n) is 15.5. The molecule has 9 heteroatoms. The number of halogens is 1. The van der Waals surface area contributed by atoms with E-state index >= 15 is 0 Å². The standard InChI is InChI=1S/C17H28N4O3S.HI/c1-14-5-7-15(8-6-14)25(22,23)21-11-10-19-16(18-3)20-13-17(2)9-4-12-24-17;/h5-8,21H,4,9-13H2,1-3H3,(H2,18,19,20);1H. The molecule has 1 aliphatic heterocycles. The van der Waals surface area contributed by atoms with Crippen LogP contribution in [0.5, 0.6) is 0 Å². The summed E-state index contributed by atoms with van der Waals surface area (Å²) in [4.78, 5) is 4.41. The molecule has 1 saturated heterocycles. The van der Waals surface area contributed by atoms with Crippen LogP contribution in [0.15, 0.2) is 34.2 Å². The minimum atomic E-state index is -3.49. The van der Waals surface area contributed by atoms with Gasteiger partial charge in [-0.15, -0.1) is 24.0 Å². The van der Waals surface area contributed by atoms with E-state index in [1.54, 1.807) is 31.3 Å². The van der Waals surface area contributed by atoms with Crippen molar-refractivity contribution < 1.29 is 13.2 Å². The van der Waals surface area contributed by atoms with Crippen molar-refractivity contribution in [2.24, 2.45) is 4.99 Å². The molecule has 1 unspecified atom stereocenters. The summed E-state index contributed by atoms with van der Waals surface area (Å²) >= 11 is 0. The van der Waals surface area contributed by atoms with E-state index in [4.69, 9.17) is 4.74 Å². The third kappa shape index (κ3) is 7.01. The van der Waals surface area contributed by atoms with E-state index in [1.165, 1.54) is 0 Å². The predicted octanol–water partition coefficient (Wildman–Crippen LogP) is 1.63. The summed E-state index contributed by atoms with van der Waals surface area (Å²) in [6.07, 6.45) is 2.10. The lowest BCUT2D eigenvalue weighted by molar-refractivity contribution is 0.0243. The van der Waals surface area contributed by atoms with Gasteiger partial charge in [0.1, 0.15) is 0 Å². The number of ether oxygens (including phenoxy) is 1. The summed E-state index contributed by atoms with van der Waals surface area (Å²) in [7, 11) is -1.80. The van der Waals surface area contributed by atoms with Gasteiger partial charge in [0.05, 0.1) is 10.5 Å². The highest BCUT2D eigenvalue weighted by Crippen LogP contribution is 2.23. The highest BCUT2D eigenvalue weighted by Gasteiger charge is 2.29. The second-order valence-corrected chi connectivity index (χ2v) is 8.23. The summed E-state index contributed by atoms with van der Waals surface area (Å²) in [5, 5.41) is 6.32. The summed E-state index contributed by atoms with van der Waals surface area (Å²) in [6, 6.07) is 6.77. The monoisotopic (exact) mass is 496 g/mol. The van der Waals surface area contributed by atoms with Gasteiger partial charge in [0, 0.05) is 33.3 Å². The lowest BCUT2D eigenvalue weighted by Crippen LogP contribution is -2.47. The van der Waals surface area contributed by atoms with E-state index in [2.05, 4.69) is 27.3 Å². The van der Waals surface area contributed by atoms with Gasteiger partial charge in [-0.1, -0.05) is 17.7 Å². The summed E-state index contributed by atoms with van der Waals surface area (Å²) < 4.78 is 32.7. The van der Waals surface area contributed by atoms with Crippen molar-refractivity contribution in [1.82, 2.24) is 15.4 Å². The fourth-order valence-electron chi connectivity index (χ4n) is 2.63. The first kappa shape index (κ1) is 23.1. The SMILES string of the molecule is CN=C(NCCNS(=O)(=O)c1ccc(C)cc1)NCC1(C)CCCO1.I. The summed E-state index contributed by atoms with van der Waals surface area (Å²) in [5.41, 5.74) is 0.861. The van der Waals surface area contributed by atoms with Crippen molar-refractivity contribution in [3.05, 3.63) is 29.8 Å². The Morgan fingerprint density at radius 3 is 2.50 bits per heavy atom. The van der Waals surface area contributed by atoms with Crippen LogP contribution in [0.25, 0.3) is 0 Å². The Labute approximate surface area is 173 Å². The number of nitrogens with zero attached hydrogens (tertiary/aromatic N) is 1. The molecule has 0 spiro atoms. The molecule has 0 aliphatic carbocycles. The van der Waals surface area contributed by atoms with Crippen LogP contribution in [0, 0.1) is 6.92 Å². The molecule has 3 N–H and O–H groups in total. The molecule has 1 heterocycles. The Morgan fingerprint density at radius 1 is 1.23 bits per heavy atom. The van der Waals surface area contributed by atoms with Gasteiger partial charge in [0.2, 0.25) is 10.0 Å². The highest BCUT2D eigenvalue weighted by molar-refractivity contribution is 14.0. The van der Waals surface area contributed by atoms with Gasteiger partial charge in [-0.3, -0.25) is 4.99 Å². The molecule has 2 rings (SSSR count). The molecule has 1 fully saturated rings. The fourth-order valence-corrected chi connectivity index (χ4v) is 3.67. The van der Waals surface area contributed by atoms with Crippen LogP contribution in [0.3, 0.4) is 0 Å². The zero-order valence-corrected chi connectivity index (χ0v) is 18.7. The van der Waals surface area contributed by atoms with Crippen LogP contribution in [0.2, 0.25) is 0 Å². The van der Waals surface area contributed by atoms with E-state index < -0.39 is 10.0 Å². The second kappa shape index (κ2) is 10.4. The quantitative estimate of drug-likeness (QED) is 0.231. The molecular formula is C17H29IN4O3S. The van der Waals surface area contributed by atoms with Crippen LogP contribution >= 0.6 is 24.0 Å². The molecule has 0 radical (unpaired) electrons. The van der Waals surface area contributed by atoms with E-state index in [9.17, 15) is 8.42 Å². The van der Waals surface area contributed by atoms with Crippen molar-refractivity contribution in [3.63, 3.8) is 0 Å². The predicted molar refractivity (Wildman–Crippen MR) is 115 cm³/mol. The molecule has 26 heavy (non-hydrogen) atoms. The molecule has 7 nitrogen and oxygen atoms in total. The van der Waals surface area contributed by atoms with Gasteiger partial charge in [-0.2, -0.15) is 0 Å². The van der Waals surface area contributed by atoms with E-state index in [0.29, 0.717) is 19.0 Å². The molecule has 0 saturated carbocycles. The van der Waals surface area contributed by atoms with Crippen LogP contribution in [0.4, 0.5) is 0 Å². The van der Waals surface area contributed by atoms with Gasteiger partial charge >= 0.3 is 0 Å². The number of nitrogens with one attached hydrogen (secondary N) is 3. The van der Waals surface area contributed by atoms with Crippen molar-refractivity contribution in [2.45, 2.75) is 37.2 Å². The number of aliphatic imine (C=N–C) groups is 1. The van der Waals surface area contributed by atoms with Gasteiger partial charge in [-0.25, -0.2) is 13.1 Å². The van der Waals surface area contributed by atoms with Gasteiger partial charge in [-0.05, 0) is 38.8 Å². The number of hydrogen-bond donors (Lipinski definition) is 3. The highest BCUT2D eigenvalue weighted by atomic mass is 127. The maximum Gasteiger partial charge on any atom is 0.240 e. The van der Waals surface area contributed by atoms with Crippen LogP contribution in [-0.4, -0.2) is 53.3 Å². The molecule has 0 bridgehead atoms. The lowest BCUT2D eigenvalue weighted by atomic mass is 10.0. The molecule has 1 aromatic carbocycles. The van der Waals surface area contributed by atoms with Crippen LogP contribution in [0.1, 0.15) is 25.3 Å². The van der Waals surface area contributed by atoms with Crippen molar-refractivity contribution in [1.29, 1.82) is 0 Å². The molecule has 0 aromatic heterocycles. The van der Waals surface area contributed by atoms with Crippen molar-refractivity contribution >= 4 is 40.0 Å². The normalized spacial score (nSPS) is 20.5. The Kier molecular flexibility index (Phi) is 9.28. The first-order valence-electron chi connectivity index (χ1n) is 8.49. The number of rotatable bonds is 7. The zero-order chi connectivity index (χ0) is 18.3. The molecule has 1 atom stereocenters. The van der Waals surface area contributed by atoms with Crippen molar-refractivity contribution in [3.8, 4) is 0 Å². The van der Waals surface area contributed by atoms with Gasteiger partial charge < -0.3 is 15.4 Å². The first-order valence-corrected chi connectivity index (χ1v) is 9.98. The number of sulfonamides is 1. The minimum Gasteiger partial charge on any atom is -0.373 e. The van der Waals surface area contributed by atoms with Crippen LogP contribution < -0.4 is 15.4 Å². The Hall–Kier alpha value is -0.910. The average molecular weight is 496 g/mol. The topological polar surface area (TPSA) is 91.8 Å². The Bertz CT molecular complexity index is 686. The minimum absolute atomic E-state index is 0. The average Bonchev–Trinajstić information content (AvgIpc) is 3.01. The lowest BCUT2D eigenvalue weighted by Gasteiger charge is -2.24. The molecule has 148 valence electrons. The molecule has 1 aliphatic rings. The largest absolute Gasteiger partial charge is 0.373 e. The smallest absolute Gasteiger partial charge is 0.240 e.